The first kappa shape index (κ1) is 28.0. The molecule has 0 fully saturated rings. The van der Waals surface area contributed by atoms with Crippen LogP contribution < -0.4 is 0 Å². The van der Waals surface area contributed by atoms with E-state index in [1.165, 1.54) is 37.0 Å². The Morgan fingerprint density at radius 1 is 0.706 bits per heavy atom. The van der Waals surface area contributed by atoms with Crippen molar-refractivity contribution in [3.05, 3.63) is 35.4 Å². The van der Waals surface area contributed by atoms with Crippen LogP contribution >= 0.6 is 0 Å². The van der Waals surface area contributed by atoms with Gasteiger partial charge in [-0.3, -0.25) is 19.3 Å². The SMILES string of the molecule is CCCCCCCCCC(=O)OCCOCCOCCOCCN1C(=O)c2ccccc2C1=O. The van der Waals surface area contributed by atoms with Gasteiger partial charge in [0.15, 0.2) is 0 Å². The first-order valence-electron chi connectivity index (χ1n) is 12.5. The van der Waals surface area contributed by atoms with Crippen molar-refractivity contribution in [1.82, 2.24) is 4.90 Å². The van der Waals surface area contributed by atoms with Crippen molar-refractivity contribution in [2.45, 2.75) is 58.3 Å². The third-order valence-corrected chi connectivity index (χ3v) is 5.56. The van der Waals surface area contributed by atoms with Crippen molar-refractivity contribution in [3.63, 3.8) is 0 Å². The van der Waals surface area contributed by atoms with Gasteiger partial charge in [-0.25, -0.2) is 0 Å². The van der Waals surface area contributed by atoms with Crippen LogP contribution in [0.4, 0.5) is 0 Å². The minimum Gasteiger partial charge on any atom is -0.463 e. The molecule has 0 atom stereocenters. The molecule has 34 heavy (non-hydrogen) atoms. The van der Waals surface area contributed by atoms with Gasteiger partial charge in [-0.2, -0.15) is 0 Å². The Balaban J connectivity index is 1.34. The number of ether oxygens (including phenoxy) is 4. The Kier molecular flexibility index (Phi) is 14.1. The molecule has 0 N–H and O–H groups in total. The normalized spacial score (nSPS) is 12.9. The molecule has 0 spiro atoms. The number of fused-ring (bicyclic) bond motifs is 1. The number of rotatable bonds is 20. The highest BCUT2D eigenvalue weighted by molar-refractivity contribution is 6.21. The zero-order chi connectivity index (χ0) is 24.4. The van der Waals surface area contributed by atoms with E-state index in [0.717, 1.165) is 12.8 Å². The van der Waals surface area contributed by atoms with Gasteiger partial charge in [-0.05, 0) is 18.6 Å². The molecule has 0 saturated heterocycles. The van der Waals surface area contributed by atoms with Crippen molar-refractivity contribution >= 4 is 17.8 Å². The van der Waals surface area contributed by atoms with E-state index >= 15 is 0 Å². The summed E-state index contributed by atoms with van der Waals surface area (Å²) in [5, 5.41) is 0. The summed E-state index contributed by atoms with van der Waals surface area (Å²) in [6.07, 6.45) is 8.71. The second-order valence-corrected chi connectivity index (χ2v) is 8.24. The quantitative estimate of drug-likeness (QED) is 0.159. The van der Waals surface area contributed by atoms with Gasteiger partial charge in [0.25, 0.3) is 11.8 Å². The average molecular weight is 478 g/mol. The predicted octanol–water partition coefficient (Wildman–Crippen LogP) is 4.02. The van der Waals surface area contributed by atoms with E-state index < -0.39 is 0 Å². The molecule has 8 nitrogen and oxygen atoms in total. The van der Waals surface area contributed by atoms with Crippen LogP contribution in [-0.4, -0.2) is 75.5 Å². The number of unbranched alkanes of at least 4 members (excludes halogenated alkanes) is 6. The summed E-state index contributed by atoms with van der Waals surface area (Å²) in [6.45, 7) is 4.86. The Morgan fingerprint density at radius 2 is 1.21 bits per heavy atom. The van der Waals surface area contributed by atoms with Gasteiger partial charge in [0, 0.05) is 6.42 Å². The predicted molar refractivity (Wildman–Crippen MR) is 128 cm³/mol. The van der Waals surface area contributed by atoms with E-state index in [0.29, 0.717) is 50.6 Å². The highest BCUT2D eigenvalue weighted by Crippen LogP contribution is 2.21. The summed E-state index contributed by atoms with van der Waals surface area (Å²) in [7, 11) is 0. The fourth-order valence-corrected chi connectivity index (χ4v) is 3.65. The van der Waals surface area contributed by atoms with Crippen molar-refractivity contribution in [2.24, 2.45) is 0 Å². The third-order valence-electron chi connectivity index (χ3n) is 5.56. The molecule has 1 aromatic carbocycles. The van der Waals surface area contributed by atoms with Crippen LogP contribution in [0.25, 0.3) is 0 Å². The van der Waals surface area contributed by atoms with E-state index in [-0.39, 0.29) is 37.5 Å². The van der Waals surface area contributed by atoms with Gasteiger partial charge in [0.2, 0.25) is 0 Å². The van der Waals surface area contributed by atoms with Crippen LogP contribution in [0.1, 0.15) is 79.0 Å². The molecule has 0 aliphatic carbocycles. The maximum Gasteiger partial charge on any atom is 0.305 e. The molecule has 1 aromatic rings. The number of esters is 1. The largest absolute Gasteiger partial charge is 0.463 e. The summed E-state index contributed by atoms with van der Waals surface area (Å²) in [5.41, 5.74) is 0.887. The first-order chi connectivity index (χ1) is 16.6. The lowest BCUT2D eigenvalue weighted by atomic mass is 10.1. The molecular formula is C26H39NO7. The number of carbonyl (C=O) groups is 3. The Bertz CT molecular complexity index is 717. The molecule has 1 aliphatic rings. The highest BCUT2D eigenvalue weighted by Gasteiger charge is 2.34. The number of hydrogen-bond acceptors (Lipinski definition) is 7. The molecule has 1 heterocycles. The smallest absolute Gasteiger partial charge is 0.305 e. The molecule has 0 unspecified atom stereocenters. The summed E-state index contributed by atoms with van der Waals surface area (Å²) in [5.74, 6) is -0.714. The van der Waals surface area contributed by atoms with Gasteiger partial charge in [-0.15, -0.1) is 0 Å². The zero-order valence-corrected chi connectivity index (χ0v) is 20.4. The number of hydrogen-bond donors (Lipinski definition) is 0. The molecule has 0 radical (unpaired) electrons. The van der Waals surface area contributed by atoms with E-state index in [9.17, 15) is 14.4 Å². The standard InChI is InChI=1S/C26H39NO7/c1-2-3-4-5-6-7-8-13-24(28)34-21-20-33-19-18-32-17-16-31-15-14-27-25(29)22-11-9-10-12-23(22)26(27)30/h9-12H,2-8,13-21H2,1H3. The lowest BCUT2D eigenvalue weighted by molar-refractivity contribution is -0.145. The second kappa shape index (κ2) is 17.2. The van der Waals surface area contributed by atoms with E-state index in [1.54, 1.807) is 24.3 Å². The molecule has 2 rings (SSSR count). The Morgan fingerprint density at radius 3 is 1.79 bits per heavy atom. The number of amides is 2. The maximum absolute atomic E-state index is 12.2. The first-order valence-corrected chi connectivity index (χ1v) is 12.5. The Hall–Kier alpha value is -2.29. The highest BCUT2D eigenvalue weighted by atomic mass is 16.6. The van der Waals surface area contributed by atoms with Crippen LogP contribution in [0.15, 0.2) is 24.3 Å². The van der Waals surface area contributed by atoms with Gasteiger partial charge in [-0.1, -0.05) is 57.6 Å². The van der Waals surface area contributed by atoms with Gasteiger partial charge in [0.1, 0.15) is 6.61 Å². The maximum atomic E-state index is 12.2. The number of imide groups is 1. The molecule has 1 aliphatic heterocycles. The minimum atomic E-state index is -0.277. The van der Waals surface area contributed by atoms with Crippen LogP contribution in [0, 0.1) is 0 Å². The van der Waals surface area contributed by atoms with Crippen LogP contribution in [-0.2, 0) is 23.7 Å². The second-order valence-electron chi connectivity index (χ2n) is 8.24. The molecule has 190 valence electrons. The molecule has 0 aromatic heterocycles. The monoisotopic (exact) mass is 477 g/mol. The van der Waals surface area contributed by atoms with Gasteiger partial charge < -0.3 is 18.9 Å². The van der Waals surface area contributed by atoms with E-state index in [1.807, 2.05) is 0 Å². The molecule has 2 amide bonds. The van der Waals surface area contributed by atoms with Crippen LogP contribution in [0.5, 0.6) is 0 Å². The lowest BCUT2D eigenvalue weighted by Gasteiger charge is -2.13. The Labute approximate surface area is 202 Å². The minimum absolute atomic E-state index is 0.160. The topological polar surface area (TPSA) is 91.4 Å². The number of nitrogens with zero attached hydrogens (tertiary/aromatic N) is 1. The summed E-state index contributed by atoms with van der Waals surface area (Å²) < 4.78 is 21.4. The fraction of sp³-hybridized carbons (Fsp3) is 0.654. The van der Waals surface area contributed by atoms with Crippen molar-refractivity contribution in [1.29, 1.82) is 0 Å². The summed E-state index contributed by atoms with van der Waals surface area (Å²) >= 11 is 0. The lowest BCUT2D eigenvalue weighted by Crippen LogP contribution is -2.33. The molecule has 0 bridgehead atoms. The van der Waals surface area contributed by atoms with Gasteiger partial charge >= 0.3 is 5.97 Å². The van der Waals surface area contributed by atoms with Crippen molar-refractivity contribution in [2.75, 3.05) is 52.8 Å². The number of carbonyl (C=O) groups excluding carboxylic acids is 3. The molecule has 0 saturated carbocycles. The van der Waals surface area contributed by atoms with Gasteiger partial charge in [0.05, 0.1) is 57.3 Å². The average Bonchev–Trinajstić information content (AvgIpc) is 3.09. The molecular weight excluding hydrogens is 438 g/mol. The third kappa shape index (κ3) is 10.3. The molecule has 8 heteroatoms. The van der Waals surface area contributed by atoms with E-state index in [4.69, 9.17) is 18.9 Å². The summed E-state index contributed by atoms with van der Waals surface area (Å²) in [4.78, 5) is 37.3. The van der Waals surface area contributed by atoms with Crippen molar-refractivity contribution in [3.8, 4) is 0 Å². The van der Waals surface area contributed by atoms with E-state index in [2.05, 4.69) is 6.92 Å². The van der Waals surface area contributed by atoms with Crippen LogP contribution in [0.2, 0.25) is 0 Å². The van der Waals surface area contributed by atoms with Crippen LogP contribution in [0.3, 0.4) is 0 Å². The summed E-state index contributed by atoms with van der Waals surface area (Å²) in [6, 6.07) is 6.81. The number of benzene rings is 1. The zero-order valence-electron chi connectivity index (χ0n) is 20.4. The fourth-order valence-electron chi connectivity index (χ4n) is 3.65. The van der Waals surface area contributed by atoms with Crippen molar-refractivity contribution < 1.29 is 33.3 Å².